The van der Waals surface area contributed by atoms with Crippen molar-refractivity contribution in [2.24, 2.45) is 0 Å². The summed E-state index contributed by atoms with van der Waals surface area (Å²) in [7, 11) is -11.7. The first-order chi connectivity index (χ1) is 14.0. The van der Waals surface area contributed by atoms with Crippen LogP contribution in [0, 0.1) is 0 Å². The molecule has 0 aliphatic rings. The second kappa shape index (κ2) is 9.69. The Balaban J connectivity index is 2.68. The van der Waals surface area contributed by atoms with Gasteiger partial charge in [-0.2, -0.15) is 0 Å². The minimum Gasteiger partial charge on any atom is -0.437 e. The van der Waals surface area contributed by atoms with E-state index in [1.54, 1.807) is 0 Å². The van der Waals surface area contributed by atoms with E-state index in [1.165, 1.54) is 0 Å². The van der Waals surface area contributed by atoms with Crippen molar-refractivity contribution in [3.63, 3.8) is 0 Å². The fourth-order valence-corrected chi connectivity index (χ4v) is 26.4. The van der Waals surface area contributed by atoms with E-state index in [9.17, 15) is 0 Å². The average molecular weight is 509 g/mol. The Labute approximate surface area is 194 Å². The van der Waals surface area contributed by atoms with E-state index < -0.39 is 42.3 Å². The molecule has 0 aliphatic heterocycles. The van der Waals surface area contributed by atoms with Crippen molar-refractivity contribution >= 4 is 52.7 Å². The van der Waals surface area contributed by atoms with Crippen molar-refractivity contribution in [1.82, 2.24) is 0 Å². The van der Waals surface area contributed by atoms with Gasteiger partial charge in [0.15, 0.2) is 16.6 Å². The number of benzene rings is 2. The van der Waals surface area contributed by atoms with Crippen LogP contribution in [0.2, 0.25) is 65.5 Å². The second-order valence-corrected chi connectivity index (χ2v) is 30.5. The van der Waals surface area contributed by atoms with Gasteiger partial charge in [-0.25, -0.2) is 0 Å². The molecule has 9 heteroatoms. The first-order valence-electron chi connectivity index (χ1n) is 11.0. The molecule has 0 heterocycles. The molecular weight excluding hydrogens is 469 g/mol. The molecule has 0 N–H and O–H groups in total. The number of hydrogen-bond acceptors (Lipinski definition) is 4. The second-order valence-electron chi connectivity index (χ2n) is 10.8. The van der Waals surface area contributed by atoms with Gasteiger partial charge >= 0.3 is 25.7 Å². The summed E-state index contributed by atoms with van der Waals surface area (Å²) in [6.07, 6.45) is 0. The van der Waals surface area contributed by atoms with Gasteiger partial charge in [0.05, 0.1) is 0 Å². The van der Waals surface area contributed by atoms with Crippen molar-refractivity contribution in [2.75, 3.05) is 0 Å². The van der Waals surface area contributed by atoms with Gasteiger partial charge in [0.25, 0.3) is 0 Å². The molecule has 31 heavy (non-hydrogen) atoms. The smallest absolute Gasteiger partial charge is 0.389 e. The van der Waals surface area contributed by atoms with Crippen LogP contribution in [0.15, 0.2) is 60.7 Å². The van der Waals surface area contributed by atoms with Gasteiger partial charge in [-0.05, 0) is 75.8 Å². The van der Waals surface area contributed by atoms with Crippen molar-refractivity contribution in [3.8, 4) is 0 Å². The minimum atomic E-state index is -3.10. The fraction of sp³-hybridized carbons (Fsp3) is 0.455. The van der Waals surface area contributed by atoms with E-state index in [-0.39, 0.29) is 0 Å². The minimum absolute atomic E-state index is 1.10. The molecule has 0 radical (unpaired) electrons. The largest absolute Gasteiger partial charge is 0.437 e. The van der Waals surface area contributed by atoms with E-state index in [0.29, 0.717) is 0 Å². The Morgan fingerprint density at radius 2 is 0.710 bits per heavy atom. The Morgan fingerprint density at radius 1 is 0.419 bits per heavy atom. The number of hydrogen-bond donors (Lipinski definition) is 0. The molecule has 172 valence electrons. The normalized spacial score (nSPS) is 14.0. The van der Waals surface area contributed by atoms with Crippen LogP contribution >= 0.6 is 0 Å². The molecule has 0 saturated heterocycles. The summed E-state index contributed by atoms with van der Waals surface area (Å²) in [5.41, 5.74) is 0. The third-order valence-electron chi connectivity index (χ3n) is 4.19. The molecule has 0 amide bonds. The molecule has 0 atom stereocenters. The highest BCUT2D eigenvalue weighted by molar-refractivity contribution is 7.02. The molecule has 0 spiro atoms. The topological polar surface area (TPSA) is 36.9 Å². The molecule has 0 fully saturated rings. The summed E-state index contributed by atoms with van der Waals surface area (Å²) in [4.78, 5) is 0. The fourth-order valence-electron chi connectivity index (χ4n) is 3.95. The molecule has 0 saturated carbocycles. The highest BCUT2D eigenvalue weighted by Crippen LogP contribution is 2.26. The zero-order chi connectivity index (χ0) is 23.6. The molecule has 4 nitrogen and oxygen atoms in total. The molecule has 2 rings (SSSR count). The SMILES string of the molecule is C[Si](C)(C)O[Si](C)(C)O[Si](O[Si](C)(C)O[Si](C)(C)C)(c1ccccc1)c1ccccc1. The summed E-state index contributed by atoms with van der Waals surface area (Å²) in [5.74, 6) is 0. The lowest BCUT2D eigenvalue weighted by Crippen LogP contribution is -2.72. The van der Waals surface area contributed by atoms with E-state index in [4.69, 9.17) is 16.5 Å². The van der Waals surface area contributed by atoms with Crippen molar-refractivity contribution < 1.29 is 16.5 Å². The van der Waals surface area contributed by atoms with Crippen LogP contribution in [0.5, 0.6) is 0 Å². The van der Waals surface area contributed by atoms with Crippen molar-refractivity contribution in [2.45, 2.75) is 65.5 Å². The van der Waals surface area contributed by atoms with Crippen LogP contribution in [0.1, 0.15) is 0 Å². The Kier molecular flexibility index (Phi) is 8.32. The molecule has 2 aromatic carbocycles. The highest BCUT2D eigenvalue weighted by Gasteiger charge is 2.53. The predicted molar refractivity (Wildman–Crippen MR) is 144 cm³/mol. The van der Waals surface area contributed by atoms with E-state index in [0.717, 1.165) is 10.4 Å². The summed E-state index contributed by atoms with van der Waals surface area (Å²) >= 11 is 0. The average Bonchev–Trinajstić information content (AvgIpc) is 2.58. The molecular formula is C22H40O4Si5. The van der Waals surface area contributed by atoms with Gasteiger partial charge in [0, 0.05) is 0 Å². The lowest BCUT2D eigenvalue weighted by molar-refractivity contribution is 0.311. The summed E-state index contributed by atoms with van der Waals surface area (Å²) in [6, 6.07) is 20.9. The lowest BCUT2D eigenvalue weighted by Gasteiger charge is -2.44. The third-order valence-corrected chi connectivity index (χ3v) is 21.4. The van der Waals surface area contributed by atoms with Gasteiger partial charge in [-0.1, -0.05) is 60.7 Å². The Bertz CT molecular complexity index is 759. The summed E-state index contributed by atoms with van der Waals surface area (Å²) < 4.78 is 27.6. The molecule has 2 aromatic rings. The maximum atomic E-state index is 7.16. The molecule has 0 unspecified atom stereocenters. The maximum absolute atomic E-state index is 7.16. The van der Waals surface area contributed by atoms with Crippen molar-refractivity contribution in [3.05, 3.63) is 60.7 Å². The summed E-state index contributed by atoms with van der Waals surface area (Å²) in [5, 5.41) is 2.20. The van der Waals surface area contributed by atoms with Crippen LogP contribution in [0.4, 0.5) is 0 Å². The number of rotatable bonds is 10. The molecule has 0 bridgehead atoms. The van der Waals surface area contributed by atoms with Crippen LogP contribution in [0.25, 0.3) is 0 Å². The maximum Gasteiger partial charge on any atom is 0.389 e. The standard InChI is InChI=1S/C22H40O4Si5/c1-27(2,3)23-29(7,8)25-31(21-17-13-11-14-18-21,22-19-15-12-16-20-22)26-30(9,10)24-28(4,5)6/h11-20H,1-10H3. The molecule has 0 aliphatic carbocycles. The first kappa shape index (κ1) is 26.6. The Morgan fingerprint density at radius 3 is 0.968 bits per heavy atom. The van der Waals surface area contributed by atoms with E-state index in [2.05, 4.69) is 114 Å². The van der Waals surface area contributed by atoms with Gasteiger partial charge < -0.3 is 16.5 Å². The van der Waals surface area contributed by atoms with E-state index >= 15 is 0 Å². The van der Waals surface area contributed by atoms with Crippen LogP contribution in [-0.4, -0.2) is 42.3 Å². The molecule has 0 aromatic heterocycles. The highest BCUT2D eigenvalue weighted by atomic mass is 28.5. The third kappa shape index (κ3) is 8.33. The zero-order valence-corrected chi connectivity index (χ0v) is 25.9. The zero-order valence-electron chi connectivity index (χ0n) is 20.9. The van der Waals surface area contributed by atoms with Crippen molar-refractivity contribution in [1.29, 1.82) is 0 Å². The predicted octanol–water partition coefficient (Wildman–Crippen LogP) is 5.38. The summed E-state index contributed by atoms with van der Waals surface area (Å²) in [6.45, 7) is 21.9. The van der Waals surface area contributed by atoms with Gasteiger partial charge in [-0.3, -0.25) is 0 Å². The van der Waals surface area contributed by atoms with Gasteiger partial charge in [0.2, 0.25) is 0 Å². The van der Waals surface area contributed by atoms with Crippen LogP contribution < -0.4 is 10.4 Å². The Hall–Kier alpha value is -0.636. The van der Waals surface area contributed by atoms with Gasteiger partial charge in [0.1, 0.15) is 0 Å². The van der Waals surface area contributed by atoms with E-state index in [1.807, 2.05) is 12.1 Å². The van der Waals surface area contributed by atoms with Gasteiger partial charge in [-0.15, -0.1) is 0 Å². The van der Waals surface area contributed by atoms with Crippen LogP contribution in [0.3, 0.4) is 0 Å². The van der Waals surface area contributed by atoms with Crippen LogP contribution in [-0.2, 0) is 16.5 Å². The lowest BCUT2D eigenvalue weighted by atomic mass is 10.4. The quantitative estimate of drug-likeness (QED) is 0.404. The first-order valence-corrected chi connectivity index (χ1v) is 25.2. The monoisotopic (exact) mass is 508 g/mol.